The van der Waals surface area contributed by atoms with E-state index in [-0.39, 0.29) is 11.8 Å². The first-order valence-electron chi connectivity index (χ1n) is 11.4. The maximum atomic E-state index is 13.4. The van der Waals surface area contributed by atoms with Crippen molar-refractivity contribution in [2.45, 2.75) is 32.1 Å². The van der Waals surface area contributed by atoms with E-state index < -0.39 is 0 Å². The number of oxazole rings is 1. The van der Waals surface area contributed by atoms with E-state index in [0.717, 1.165) is 52.7 Å². The summed E-state index contributed by atoms with van der Waals surface area (Å²) in [6.45, 7) is 3.22. The predicted molar refractivity (Wildman–Crippen MR) is 130 cm³/mol. The topological polar surface area (TPSA) is 81.4 Å². The number of likely N-dealkylation sites (tertiary alicyclic amines) is 1. The first kappa shape index (κ1) is 22.3. The van der Waals surface area contributed by atoms with Gasteiger partial charge in [-0.1, -0.05) is 12.1 Å². The summed E-state index contributed by atoms with van der Waals surface area (Å²) in [6, 6.07) is 11.8. The van der Waals surface area contributed by atoms with Crippen LogP contribution in [0.2, 0.25) is 0 Å². The van der Waals surface area contributed by atoms with E-state index in [9.17, 15) is 4.79 Å². The van der Waals surface area contributed by atoms with Crippen LogP contribution in [-0.2, 0) is 6.42 Å². The van der Waals surface area contributed by atoms with Gasteiger partial charge in [0.05, 0.1) is 24.9 Å². The second kappa shape index (κ2) is 9.77. The lowest BCUT2D eigenvalue weighted by Crippen LogP contribution is -2.39. The van der Waals surface area contributed by atoms with Gasteiger partial charge in [0.2, 0.25) is 0 Å². The number of aryl methyl sites for hydroxylation is 1. The minimum absolute atomic E-state index is 0.0276. The van der Waals surface area contributed by atoms with Crippen LogP contribution in [0.25, 0.3) is 10.6 Å². The molecule has 5 rings (SSSR count). The average molecular weight is 475 g/mol. The summed E-state index contributed by atoms with van der Waals surface area (Å²) in [5.41, 5.74) is 2.82. The average Bonchev–Trinajstić information content (AvgIpc) is 3.51. The Kier molecular flexibility index (Phi) is 6.40. The van der Waals surface area contributed by atoms with Gasteiger partial charge in [-0.2, -0.15) is 0 Å². The number of ether oxygens (including phenoxy) is 1. The molecule has 0 N–H and O–H groups in total. The van der Waals surface area contributed by atoms with E-state index in [0.29, 0.717) is 23.7 Å². The normalized spacial score (nSPS) is 15.9. The summed E-state index contributed by atoms with van der Waals surface area (Å²) < 4.78 is 11.3. The molecule has 7 nitrogen and oxygen atoms in total. The molecule has 1 aliphatic heterocycles. The summed E-state index contributed by atoms with van der Waals surface area (Å²) in [5.74, 6) is 2.48. The molecule has 3 aromatic heterocycles. The Morgan fingerprint density at radius 2 is 2.09 bits per heavy atom. The number of rotatable bonds is 6. The molecule has 8 heteroatoms. The van der Waals surface area contributed by atoms with Crippen LogP contribution >= 0.6 is 11.3 Å². The molecule has 1 atom stereocenters. The molecule has 0 spiro atoms. The van der Waals surface area contributed by atoms with E-state index in [4.69, 9.17) is 9.15 Å². The predicted octanol–water partition coefficient (Wildman–Crippen LogP) is 5.12. The molecule has 4 aromatic rings. The largest absolute Gasteiger partial charge is 0.497 e. The first-order valence-corrected chi connectivity index (χ1v) is 12.2. The molecule has 1 fully saturated rings. The van der Waals surface area contributed by atoms with Crippen molar-refractivity contribution >= 4 is 17.2 Å². The summed E-state index contributed by atoms with van der Waals surface area (Å²) >= 11 is 1.43. The summed E-state index contributed by atoms with van der Waals surface area (Å²) in [4.78, 5) is 29.3. The van der Waals surface area contributed by atoms with Gasteiger partial charge < -0.3 is 14.1 Å². The molecule has 0 aliphatic carbocycles. The lowest BCUT2D eigenvalue weighted by molar-refractivity contribution is 0.0702. The number of pyridine rings is 1. The van der Waals surface area contributed by atoms with Crippen molar-refractivity contribution in [3.63, 3.8) is 0 Å². The van der Waals surface area contributed by atoms with Gasteiger partial charge in [0.25, 0.3) is 5.91 Å². The van der Waals surface area contributed by atoms with Gasteiger partial charge in [-0.25, -0.2) is 9.97 Å². The van der Waals surface area contributed by atoms with E-state index in [1.54, 1.807) is 25.7 Å². The van der Waals surface area contributed by atoms with Gasteiger partial charge >= 0.3 is 0 Å². The van der Waals surface area contributed by atoms with Crippen LogP contribution in [0.5, 0.6) is 5.75 Å². The SMILES string of the molecule is COc1ccc(Cc2cnc(C3CCCN(C(=O)c4sc(-c5cccnc5)nc4C)C3)o2)cc1. The summed E-state index contributed by atoms with van der Waals surface area (Å²) in [6.07, 6.45) is 7.84. The Hall–Kier alpha value is -3.52. The fraction of sp³-hybridized carbons (Fsp3) is 0.308. The van der Waals surface area contributed by atoms with E-state index in [2.05, 4.69) is 15.0 Å². The Balaban J connectivity index is 1.27. The van der Waals surface area contributed by atoms with Crippen molar-refractivity contribution < 1.29 is 13.9 Å². The number of nitrogens with zero attached hydrogens (tertiary/aromatic N) is 4. The number of hydrogen-bond donors (Lipinski definition) is 0. The summed E-state index contributed by atoms with van der Waals surface area (Å²) in [5, 5.41) is 0.818. The monoisotopic (exact) mass is 474 g/mol. The smallest absolute Gasteiger partial charge is 0.265 e. The van der Waals surface area contributed by atoms with Crippen molar-refractivity contribution in [2.24, 2.45) is 0 Å². The lowest BCUT2D eigenvalue weighted by atomic mass is 9.98. The van der Waals surface area contributed by atoms with Gasteiger partial charge in [-0.3, -0.25) is 9.78 Å². The third kappa shape index (κ3) is 4.72. The molecule has 1 unspecified atom stereocenters. The highest BCUT2D eigenvalue weighted by Crippen LogP contribution is 2.32. The van der Waals surface area contributed by atoms with Gasteiger partial charge in [-0.05, 0) is 49.6 Å². The van der Waals surface area contributed by atoms with E-state index in [1.165, 1.54) is 11.3 Å². The zero-order valence-corrected chi connectivity index (χ0v) is 20.0. The van der Waals surface area contributed by atoms with Crippen molar-refractivity contribution in [1.82, 2.24) is 19.9 Å². The van der Waals surface area contributed by atoms with Gasteiger partial charge in [0.15, 0.2) is 5.89 Å². The van der Waals surface area contributed by atoms with Crippen LogP contribution in [0.3, 0.4) is 0 Å². The number of amides is 1. The Morgan fingerprint density at radius 3 is 2.85 bits per heavy atom. The molecule has 174 valence electrons. The zero-order valence-electron chi connectivity index (χ0n) is 19.2. The molecule has 0 bridgehead atoms. The minimum atomic E-state index is 0.0276. The molecule has 0 saturated carbocycles. The molecule has 1 aromatic carbocycles. The number of carbonyl (C=O) groups is 1. The van der Waals surface area contributed by atoms with Crippen molar-refractivity contribution in [3.05, 3.63) is 82.8 Å². The highest BCUT2D eigenvalue weighted by molar-refractivity contribution is 7.17. The molecule has 34 heavy (non-hydrogen) atoms. The van der Waals surface area contributed by atoms with E-state index >= 15 is 0 Å². The lowest BCUT2D eigenvalue weighted by Gasteiger charge is -2.31. The van der Waals surface area contributed by atoms with E-state index in [1.807, 2.05) is 48.2 Å². The fourth-order valence-electron chi connectivity index (χ4n) is 4.25. The molecule has 1 amide bonds. The molecular weight excluding hydrogens is 448 g/mol. The first-order chi connectivity index (χ1) is 16.6. The highest BCUT2D eigenvalue weighted by Gasteiger charge is 2.30. The van der Waals surface area contributed by atoms with Crippen molar-refractivity contribution in [2.75, 3.05) is 20.2 Å². The number of hydrogen-bond acceptors (Lipinski definition) is 7. The molecule has 1 saturated heterocycles. The van der Waals surface area contributed by atoms with Gasteiger partial charge in [0, 0.05) is 37.5 Å². The Labute approximate surface area is 202 Å². The third-order valence-corrected chi connectivity index (χ3v) is 7.26. The van der Waals surface area contributed by atoms with Crippen LogP contribution in [0.4, 0.5) is 0 Å². The van der Waals surface area contributed by atoms with Crippen LogP contribution < -0.4 is 4.74 Å². The van der Waals surface area contributed by atoms with Crippen LogP contribution in [0.15, 0.2) is 59.4 Å². The molecule has 4 heterocycles. The second-order valence-corrected chi connectivity index (χ2v) is 9.45. The maximum absolute atomic E-state index is 13.4. The number of methoxy groups -OCH3 is 1. The molecular formula is C26H26N4O3S. The number of thiazole rings is 1. The number of benzene rings is 1. The Morgan fingerprint density at radius 1 is 1.24 bits per heavy atom. The number of aromatic nitrogens is 3. The number of piperidine rings is 1. The van der Waals surface area contributed by atoms with Crippen LogP contribution in [0, 0.1) is 6.92 Å². The number of carbonyl (C=O) groups excluding carboxylic acids is 1. The fourth-order valence-corrected chi connectivity index (χ4v) is 5.28. The standard InChI is InChI=1S/C26H26N4O3S/c1-17-23(34-25(29-17)19-5-3-11-27-14-19)26(31)30-12-4-6-20(16-30)24-28-15-22(33-24)13-18-7-9-21(32-2)10-8-18/h3,5,7-11,14-15,20H,4,6,12-13,16H2,1-2H3. The third-order valence-electron chi connectivity index (χ3n) is 6.07. The van der Waals surface area contributed by atoms with Gasteiger partial charge in [-0.15, -0.1) is 11.3 Å². The Bertz CT molecular complexity index is 1270. The quantitative estimate of drug-likeness (QED) is 0.386. The van der Waals surface area contributed by atoms with Crippen LogP contribution in [-0.4, -0.2) is 46.0 Å². The summed E-state index contributed by atoms with van der Waals surface area (Å²) in [7, 11) is 1.66. The van der Waals surface area contributed by atoms with Crippen LogP contribution in [0.1, 0.15) is 51.3 Å². The van der Waals surface area contributed by atoms with Crippen molar-refractivity contribution in [3.8, 4) is 16.3 Å². The zero-order chi connectivity index (χ0) is 23.5. The van der Waals surface area contributed by atoms with Crippen molar-refractivity contribution in [1.29, 1.82) is 0 Å². The maximum Gasteiger partial charge on any atom is 0.265 e. The highest BCUT2D eigenvalue weighted by atomic mass is 32.1. The molecule has 1 aliphatic rings. The van der Waals surface area contributed by atoms with Gasteiger partial charge in [0.1, 0.15) is 21.4 Å². The second-order valence-electron chi connectivity index (χ2n) is 8.46. The minimum Gasteiger partial charge on any atom is -0.497 e. The molecule has 0 radical (unpaired) electrons.